The van der Waals surface area contributed by atoms with Gasteiger partial charge in [-0.1, -0.05) is 18.2 Å². The van der Waals surface area contributed by atoms with E-state index >= 15 is 0 Å². The van der Waals surface area contributed by atoms with Crippen molar-refractivity contribution < 1.29 is 28.4 Å². The number of carboxylic acids is 1. The second kappa shape index (κ2) is 10.3. The van der Waals surface area contributed by atoms with E-state index in [1.165, 1.54) is 12.0 Å². The first-order valence-corrected chi connectivity index (χ1v) is 11.7. The van der Waals surface area contributed by atoms with E-state index in [9.17, 15) is 9.59 Å². The molecule has 0 aromatic heterocycles. The van der Waals surface area contributed by atoms with Gasteiger partial charge in [0.05, 0.1) is 13.2 Å². The van der Waals surface area contributed by atoms with E-state index in [0.29, 0.717) is 37.7 Å². The number of benzene rings is 2. The van der Waals surface area contributed by atoms with Crippen LogP contribution in [-0.4, -0.2) is 43.4 Å². The van der Waals surface area contributed by atoms with Gasteiger partial charge in [-0.25, -0.2) is 4.79 Å². The van der Waals surface area contributed by atoms with Crippen LogP contribution in [0.2, 0.25) is 0 Å². The standard InChI is InChI=1S/C23H27N3O6S/c1-3-30-18-9-8-14(12-19(18)31-4-2)21-25-22(33-32-21)16-6-5-7-17-15(16)10-11-26(17)23(29)24-13-20(27)28/h5-9,12,21-22,25H,3-4,10-11,13H2,1-2H3,(H,24,29)(H,27,28). The fraction of sp³-hybridized carbons (Fsp3) is 0.391. The number of carbonyl (C=O) groups excluding carboxylic acids is 1. The van der Waals surface area contributed by atoms with Crippen LogP contribution >= 0.6 is 12.0 Å². The molecule has 4 rings (SSSR count). The largest absolute Gasteiger partial charge is 0.490 e. The quantitative estimate of drug-likeness (QED) is 0.499. The Bertz CT molecular complexity index is 1030. The van der Waals surface area contributed by atoms with Gasteiger partial charge in [0.25, 0.3) is 0 Å². The third-order valence-electron chi connectivity index (χ3n) is 5.40. The molecule has 2 unspecified atom stereocenters. The molecule has 1 fully saturated rings. The second-order valence-corrected chi connectivity index (χ2v) is 8.35. The van der Waals surface area contributed by atoms with E-state index in [1.807, 2.05) is 50.2 Å². The zero-order valence-corrected chi connectivity index (χ0v) is 19.3. The normalized spacial score (nSPS) is 19.3. The molecule has 0 radical (unpaired) electrons. The van der Waals surface area contributed by atoms with Gasteiger partial charge in [-0.2, -0.15) is 0 Å². The Labute approximate surface area is 196 Å². The smallest absolute Gasteiger partial charge is 0.323 e. The van der Waals surface area contributed by atoms with Gasteiger partial charge in [0, 0.05) is 29.8 Å². The van der Waals surface area contributed by atoms with Gasteiger partial charge in [-0.3, -0.25) is 19.2 Å². The number of urea groups is 1. The molecular weight excluding hydrogens is 446 g/mol. The Morgan fingerprint density at radius 2 is 2.00 bits per heavy atom. The van der Waals surface area contributed by atoms with E-state index in [1.54, 1.807) is 4.90 Å². The van der Waals surface area contributed by atoms with Crippen molar-refractivity contribution in [2.75, 3.05) is 31.2 Å². The fourth-order valence-corrected chi connectivity index (χ4v) is 4.89. The van der Waals surface area contributed by atoms with Crippen LogP contribution in [0.15, 0.2) is 36.4 Å². The highest BCUT2D eigenvalue weighted by Gasteiger charge is 2.34. The van der Waals surface area contributed by atoms with Crippen molar-refractivity contribution in [3.05, 3.63) is 53.1 Å². The highest BCUT2D eigenvalue weighted by molar-refractivity contribution is 7.95. The van der Waals surface area contributed by atoms with Crippen molar-refractivity contribution in [3.63, 3.8) is 0 Å². The lowest BCUT2D eigenvalue weighted by molar-refractivity contribution is -0.135. The Kier molecular flexibility index (Phi) is 7.26. The Hall–Kier alpha value is -2.95. The van der Waals surface area contributed by atoms with Crippen LogP contribution in [0.1, 0.15) is 42.1 Å². The molecule has 2 atom stereocenters. The maximum Gasteiger partial charge on any atom is 0.323 e. The molecule has 2 aromatic rings. The van der Waals surface area contributed by atoms with Crippen molar-refractivity contribution in [3.8, 4) is 11.5 Å². The first kappa shape index (κ1) is 23.2. The highest BCUT2D eigenvalue weighted by atomic mass is 32.2. The summed E-state index contributed by atoms with van der Waals surface area (Å²) in [6.45, 7) is 5.04. The number of carboxylic acid groups (broad SMARTS) is 1. The molecule has 2 aromatic carbocycles. The van der Waals surface area contributed by atoms with Gasteiger partial charge in [0.2, 0.25) is 0 Å². The summed E-state index contributed by atoms with van der Waals surface area (Å²) >= 11 is 1.34. The Morgan fingerprint density at radius 3 is 2.76 bits per heavy atom. The summed E-state index contributed by atoms with van der Waals surface area (Å²) in [7, 11) is 0. The molecule has 2 aliphatic heterocycles. The number of nitrogens with one attached hydrogen (secondary N) is 2. The van der Waals surface area contributed by atoms with Gasteiger partial charge < -0.3 is 19.9 Å². The van der Waals surface area contributed by atoms with Crippen molar-refractivity contribution in [2.24, 2.45) is 0 Å². The van der Waals surface area contributed by atoms with Crippen LogP contribution in [0.4, 0.5) is 10.5 Å². The fourth-order valence-electron chi connectivity index (χ4n) is 3.99. The predicted octanol–water partition coefficient (Wildman–Crippen LogP) is 3.61. The summed E-state index contributed by atoms with van der Waals surface area (Å²) in [5, 5.41) is 14.6. The molecule has 2 heterocycles. The minimum Gasteiger partial charge on any atom is -0.490 e. The molecule has 0 saturated carbocycles. The molecule has 3 N–H and O–H groups in total. The number of hydrogen-bond donors (Lipinski definition) is 3. The van der Waals surface area contributed by atoms with E-state index in [-0.39, 0.29) is 11.6 Å². The van der Waals surface area contributed by atoms with E-state index < -0.39 is 18.5 Å². The number of carbonyl (C=O) groups is 2. The number of hydrogen-bond acceptors (Lipinski definition) is 7. The number of nitrogens with zero attached hydrogens (tertiary/aromatic N) is 1. The molecule has 33 heavy (non-hydrogen) atoms. The van der Waals surface area contributed by atoms with Crippen LogP contribution in [0.25, 0.3) is 0 Å². The molecule has 9 nitrogen and oxygen atoms in total. The van der Waals surface area contributed by atoms with Crippen molar-refractivity contribution in [2.45, 2.75) is 31.9 Å². The highest BCUT2D eigenvalue weighted by Crippen LogP contribution is 2.45. The molecule has 0 bridgehead atoms. The summed E-state index contributed by atoms with van der Waals surface area (Å²) in [5.74, 6) is 0.305. The summed E-state index contributed by atoms with van der Waals surface area (Å²) < 4.78 is 17.4. The first-order chi connectivity index (χ1) is 16.0. The van der Waals surface area contributed by atoms with Crippen LogP contribution < -0.4 is 25.0 Å². The van der Waals surface area contributed by atoms with E-state index in [4.69, 9.17) is 18.8 Å². The van der Waals surface area contributed by atoms with Crippen LogP contribution in [0.3, 0.4) is 0 Å². The van der Waals surface area contributed by atoms with Crippen LogP contribution in [0.5, 0.6) is 11.5 Å². The van der Waals surface area contributed by atoms with Crippen molar-refractivity contribution >= 4 is 29.7 Å². The minimum absolute atomic E-state index is 0.117. The minimum atomic E-state index is -1.08. The molecule has 0 spiro atoms. The number of ether oxygens (including phenoxy) is 2. The number of fused-ring (bicyclic) bond motifs is 1. The van der Waals surface area contributed by atoms with Gasteiger partial charge in [0.15, 0.2) is 11.5 Å². The Morgan fingerprint density at radius 1 is 1.21 bits per heavy atom. The van der Waals surface area contributed by atoms with Gasteiger partial charge >= 0.3 is 12.0 Å². The lowest BCUT2D eigenvalue weighted by Crippen LogP contribution is -2.41. The van der Waals surface area contributed by atoms with E-state index in [2.05, 4.69) is 10.6 Å². The number of aliphatic carboxylic acids is 1. The SMILES string of the molecule is CCOc1ccc(C2NC(c3cccc4c3CCN4C(=O)NCC(=O)O)SO2)cc1OCC. The summed E-state index contributed by atoms with van der Waals surface area (Å²) in [6, 6.07) is 11.2. The number of rotatable bonds is 8. The van der Waals surface area contributed by atoms with Gasteiger partial charge in [-0.05, 0) is 49.6 Å². The lowest BCUT2D eigenvalue weighted by Gasteiger charge is -2.19. The second-order valence-electron chi connectivity index (χ2n) is 7.49. The predicted molar refractivity (Wildman–Crippen MR) is 125 cm³/mol. The third kappa shape index (κ3) is 5.02. The monoisotopic (exact) mass is 473 g/mol. The molecule has 2 aliphatic rings. The molecule has 2 amide bonds. The van der Waals surface area contributed by atoms with Gasteiger partial charge in [0.1, 0.15) is 18.1 Å². The summed E-state index contributed by atoms with van der Waals surface area (Å²) in [5.41, 5.74) is 3.82. The topological polar surface area (TPSA) is 109 Å². The lowest BCUT2D eigenvalue weighted by atomic mass is 10.0. The van der Waals surface area contributed by atoms with Gasteiger partial charge in [-0.15, -0.1) is 0 Å². The zero-order valence-electron chi connectivity index (χ0n) is 18.5. The third-order valence-corrected chi connectivity index (χ3v) is 6.29. The summed E-state index contributed by atoms with van der Waals surface area (Å²) in [4.78, 5) is 24.8. The molecule has 0 aliphatic carbocycles. The van der Waals surface area contributed by atoms with Crippen LogP contribution in [0, 0.1) is 0 Å². The average molecular weight is 474 g/mol. The summed E-state index contributed by atoms with van der Waals surface area (Å²) in [6.07, 6.45) is 0.356. The molecule has 10 heteroatoms. The van der Waals surface area contributed by atoms with Crippen LogP contribution in [-0.2, 0) is 15.4 Å². The Balaban J connectivity index is 1.50. The maximum absolute atomic E-state index is 12.4. The van der Waals surface area contributed by atoms with E-state index in [0.717, 1.165) is 22.4 Å². The maximum atomic E-state index is 12.4. The molecule has 176 valence electrons. The number of anilines is 1. The van der Waals surface area contributed by atoms with Crippen molar-refractivity contribution in [1.82, 2.24) is 10.6 Å². The first-order valence-electron chi connectivity index (χ1n) is 10.9. The van der Waals surface area contributed by atoms with Crippen molar-refractivity contribution in [1.29, 1.82) is 0 Å². The molecule has 1 saturated heterocycles. The zero-order chi connectivity index (χ0) is 23.4. The average Bonchev–Trinajstić information content (AvgIpc) is 3.46. The number of amides is 2. The molecular formula is C23H27N3O6S.